The average Bonchev–Trinajstić information content (AvgIpc) is 2.14. The Labute approximate surface area is 138 Å². The molecule has 0 heterocycles. The molecular formula is C10H17NaO9. The van der Waals surface area contributed by atoms with Crippen LogP contribution in [0, 0.1) is 0 Å². The molecule has 0 atom stereocenters. The molecule has 5 N–H and O–H groups in total. The first-order chi connectivity index (χ1) is 8.55. The van der Waals surface area contributed by atoms with Crippen molar-refractivity contribution < 1.29 is 75.7 Å². The van der Waals surface area contributed by atoms with E-state index in [1.807, 2.05) is 6.92 Å². The number of hydrogen-bond donors (Lipinski definition) is 5. The minimum absolute atomic E-state index is 0. The van der Waals surface area contributed by atoms with E-state index in [2.05, 4.69) is 0 Å². The molecule has 9 nitrogen and oxygen atoms in total. The first kappa shape index (κ1) is 23.9. The molecule has 0 bridgehead atoms. The monoisotopic (exact) mass is 304 g/mol. The quantitative estimate of drug-likeness (QED) is 0.303. The van der Waals surface area contributed by atoms with Gasteiger partial charge in [-0.05, 0) is 6.42 Å². The summed E-state index contributed by atoms with van der Waals surface area (Å²) in [5.74, 6) is -5.73. The van der Waals surface area contributed by atoms with E-state index in [1.165, 1.54) is 0 Å². The van der Waals surface area contributed by atoms with Gasteiger partial charge in [0.25, 0.3) is 0 Å². The summed E-state index contributed by atoms with van der Waals surface area (Å²) in [6.45, 7) is 1.84. The Morgan fingerprint density at radius 3 is 1.35 bits per heavy atom. The molecule has 0 aliphatic heterocycles. The third-order valence-corrected chi connectivity index (χ3v) is 1.75. The Morgan fingerprint density at radius 2 is 1.25 bits per heavy atom. The van der Waals surface area contributed by atoms with E-state index in [9.17, 15) is 19.2 Å². The van der Waals surface area contributed by atoms with Crippen LogP contribution >= 0.6 is 0 Å². The maximum Gasteiger partial charge on any atom is 1.00 e. The van der Waals surface area contributed by atoms with E-state index >= 15 is 0 Å². The van der Waals surface area contributed by atoms with Crippen LogP contribution in [0.15, 0.2) is 0 Å². The third kappa shape index (κ3) is 13.3. The van der Waals surface area contributed by atoms with E-state index in [0.29, 0.717) is 6.42 Å². The first-order valence-electron chi connectivity index (χ1n) is 5.16. The predicted octanol–water partition coefficient (Wildman–Crippen LogP) is -3.26. The second-order valence-corrected chi connectivity index (χ2v) is 3.62. The molecule has 0 aromatic rings. The molecule has 112 valence electrons. The van der Waals surface area contributed by atoms with Crippen molar-refractivity contribution >= 4 is 23.9 Å². The van der Waals surface area contributed by atoms with Crippen molar-refractivity contribution in [3.05, 3.63) is 0 Å². The van der Waals surface area contributed by atoms with Gasteiger partial charge in [0.05, 0.1) is 12.8 Å². The number of carboxylic acids is 4. The van der Waals surface area contributed by atoms with E-state index < -0.39 is 42.3 Å². The molecule has 0 spiro atoms. The third-order valence-electron chi connectivity index (χ3n) is 1.75. The molecule has 0 aromatic heterocycles. The second-order valence-electron chi connectivity index (χ2n) is 3.62. The summed E-state index contributed by atoms with van der Waals surface area (Å²) >= 11 is 0. The van der Waals surface area contributed by atoms with Crippen LogP contribution in [0.4, 0.5) is 0 Å². The summed E-state index contributed by atoms with van der Waals surface area (Å²) in [6.07, 6.45) is -1.27. The second kappa shape index (κ2) is 11.6. The van der Waals surface area contributed by atoms with Crippen molar-refractivity contribution in [3.63, 3.8) is 0 Å². The van der Waals surface area contributed by atoms with Gasteiger partial charge in [-0.15, -0.1) is 0 Å². The van der Waals surface area contributed by atoms with Crippen LogP contribution in [0.3, 0.4) is 0 Å². The standard InChI is InChI=1S/C6H8O7.C4H8O2.Na.H/c7-3(8)1-6(13,5(11)12)2-4(9)10;1-2-3-4(5)6;;/h13H,1-2H2,(H,7,8)(H,9,10)(H,11,12);2-3H2,1H3,(H,5,6);;/q;;+1;-1. The molecule has 0 aromatic carbocycles. The number of rotatable bonds is 7. The van der Waals surface area contributed by atoms with Crippen molar-refractivity contribution in [1.29, 1.82) is 0 Å². The number of carboxylic acid groups (broad SMARTS) is 4. The SMILES string of the molecule is CCCC(=O)O.O=C(O)CC(O)(CC(=O)O)C(=O)O.[H-].[Na+]. The fourth-order valence-electron chi connectivity index (χ4n) is 0.928. The van der Waals surface area contributed by atoms with E-state index in [-0.39, 0.29) is 31.0 Å². The van der Waals surface area contributed by atoms with Crippen LogP contribution in [0.5, 0.6) is 0 Å². The Morgan fingerprint density at radius 1 is 0.900 bits per heavy atom. The molecule has 0 saturated heterocycles. The van der Waals surface area contributed by atoms with Gasteiger partial charge in [-0.3, -0.25) is 14.4 Å². The summed E-state index contributed by atoms with van der Waals surface area (Å²) in [5.41, 5.74) is -2.74. The molecule has 10 heteroatoms. The molecular weight excluding hydrogens is 287 g/mol. The maximum atomic E-state index is 10.3. The minimum atomic E-state index is -2.74. The summed E-state index contributed by atoms with van der Waals surface area (Å²) in [5, 5.41) is 41.7. The summed E-state index contributed by atoms with van der Waals surface area (Å²) in [4.78, 5) is 40.1. The summed E-state index contributed by atoms with van der Waals surface area (Å²) < 4.78 is 0. The summed E-state index contributed by atoms with van der Waals surface area (Å²) in [6, 6.07) is 0. The van der Waals surface area contributed by atoms with Crippen molar-refractivity contribution in [2.24, 2.45) is 0 Å². The maximum absolute atomic E-state index is 10.3. The Balaban J connectivity index is -0.000000156. The number of carbonyl (C=O) groups is 4. The van der Waals surface area contributed by atoms with Crippen LogP contribution in [0.1, 0.15) is 34.0 Å². The van der Waals surface area contributed by atoms with Crippen molar-refractivity contribution in [2.45, 2.75) is 38.2 Å². The topological polar surface area (TPSA) is 169 Å². The van der Waals surface area contributed by atoms with Crippen LogP contribution < -0.4 is 29.6 Å². The van der Waals surface area contributed by atoms with Gasteiger partial charge in [-0.2, -0.15) is 0 Å². The van der Waals surface area contributed by atoms with Crippen LogP contribution in [-0.4, -0.2) is 55.0 Å². The first-order valence-corrected chi connectivity index (χ1v) is 5.16. The van der Waals surface area contributed by atoms with Crippen LogP contribution in [0.2, 0.25) is 0 Å². The zero-order valence-corrected chi connectivity index (χ0v) is 13.2. The molecule has 0 aliphatic rings. The fourth-order valence-corrected chi connectivity index (χ4v) is 0.928. The van der Waals surface area contributed by atoms with Gasteiger partial charge in [0, 0.05) is 6.42 Å². The minimum Gasteiger partial charge on any atom is -1.00 e. The summed E-state index contributed by atoms with van der Waals surface area (Å²) in [7, 11) is 0. The van der Waals surface area contributed by atoms with Gasteiger partial charge in [-0.1, -0.05) is 6.92 Å². The molecule has 0 aliphatic carbocycles. The number of aliphatic carboxylic acids is 4. The van der Waals surface area contributed by atoms with Gasteiger partial charge in [0.2, 0.25) is 0 Å². The number of hydrogen-bond acceptors (Lipinski definition) is 5. The average molecular weight is 304 g/mol. The molecule has 20 heavy (non-hydrogen) atoms. The molecule has 0 fully saturated rings. The van der Waals surface area contributed by atoms with Crippen molar-refractivity contribution in [2.75, 3.05) is 0 Å². The van der Waals surface area contributed by atoms with Crippen molar-refractivity contribution in [1.82, 2.24) is 0 Å². The van der Waals surface area contributed by atoms with Crippen LogP contribution in [0.25, 0.3) is 0 Å². The Bertz CT molecular complexity index is 342. The molecule has 0 saturated carbocycles. The van der Waals surface area contributed by atoms with Crippen molar-refractivity contribution in [3.8, 4) is 0 Å². The Hall–Kier alpha value is -1.16. The molecule has 0 rings (SSSR count). The number of aliphatic hydroxyl groups is 1. The normalized spacial score (nSPS) is 9.50. The Kier molecular flexibility index (Phi) is 13.9. The zero-order chi connectivity index (χ0) is 15.6. The van der Waals surface area contributed by atoms with Crippen LogP contribution in [-0.2, 0) is 19.2 Å². The smallest absolute Gasteiger partial charge is 1.00 e. The zero-order valence-electron chi connectivity index (χ0n) is 12.2. The molecule has 0 amide bonds. The van der Waals surface area contributed by atoms with E-state index in [4.69, 9.17) is 25.5 Å². The van der Waals surface area contributed by atoms with E-state index in [1.54, 1.807) is 0 Å². The van der Waals surface area contributed by atoms with Gasteiger partial charge in [-0.25, -0.2) is 4.79 Å². The largest absolute Gasteiger partial charge is 1.00 e. The van der Waals surface area contributed by atoms with Gasteiger partial charge in [0.1, 0.15) is 0 Å². The fraction of sp³-hybridized carbons (Fsp3) is 0.600. The van der Waals surface area contributed by atoms with Gasteiger partial charge in [0.15, 0.2) is 5.60 Å². The van der Waals surface area contributed by atoms with E-state index in [0.717, 1.165) is 6.42 Å². The predicted molar refractivity (Wildman–Crippen MR) is 60.7 cm³/mol. The molecule has 0 unspecified atom stereocenters. The van der Waals surface area contributed by atoms with Gasteiger partial charge >= 0.3 is 53.4 Å². The van der Waals surface area contributed by atoms with Gasteiger partial charge < -0.3 is 27.0 Å². The molecule has 0 radical (unpaired) electrons.